The third-order valence-electron chi connectivity index (χ3n) is 3.99. The molecule has 92 valence electrons. The molecule has 0 radical (unpaired) electrons. The van der Waals surface area contributed by atoms with Crippen LogP contribution in [0.1, 0.15) is 43.8 Å². The summed E-state index contributed by atoms with van der Waals surface area (Å²) in [5.74, 6) is 1.58. The fourth-order valence-electron chi connectivity index (χ4n) is 3.07. The lowest BCUT2D eigenvalue weighted by molar-refractivity contribution is -0.00954. The van der Waals surface area contributed by atoms with Crippen LogP contribution in [-0.4, -0.2) is 17.8 Å². The average molecular weight is 234 g/mol. The Morgan fingerprint density at radius 3 is 2.82 bits per heavy atom. The van der Waals surface area contributed by atoms with Gasteiger partial charge in [-0.15, -0.1) is 0 Å². The Labute approximate surface area is 101 Å². The number of aliphatic hydroxyl groups excluding tert-OH is 1. The molecule has 1 N–H and O–H groups in total. The molecule has 0 amide bonds. The van der Waals surface area contributed by atoms with Crippen molar-refractivity contribution in [2.24, 2.45) is 0 Å². The molecular formula is C14H18O3. The van der Waals surface area contributed by atoms with Crippen LogP contribution in [-0.2, 0) is 0 Å². The lowest BCUT2D eigenvalue weighted by atomic mass is 9.87. The van der Waals surface area contributed by atoms with Crippen LogP contribution >= 0.6 is 0 Å². The van der Waals surface area contributed by atoms with Crippen LogP contribution in [0.5, 0.6) is 11.5 Å². The minimum Gasteiger partial charge on any atom is -0.497 e. The fourth-order valence-corrected chi connectivity index (χ4v) is 3.07. The Bertz CT molecular complexity index is 421. The normalized spacial score (nSPS) is 25.4. The minimum absolute atomic E-state index is 0.126. The Morgan fingerprint density at radius 1 is 1.35 bits per heavy atom. The molecule has 3 nitrogen and oxygen atoms in total. The van der Waals surface area contributed by atoms with Crippen molar-refractivity contribution in [1.29, 1.82) is 0 Å². The minimum atomic E-state index is -0.400. The van der Waals surface area contributed by atoms with Crippen LogP contribution in [0.2, 0.25) is 0 Å². The molecule has 3 rings (SSSR count). The summed E-state index contributed by atoms with van der Waals surface area (Å²) in [6, 6.07) is 5.66. The van der Waals surface area contributed by atoms with Gasteiger partial charge in [-0.2, -0.15) is 0 Å². The molecule has 1 spiro atoms. The summed E-state index contributed by atoms with van der Waals surface area (Å²) >= 11 is 0. The second kappa shape index (κ2) is 3.91. The first-order valence-corrected chi connectivity index (χ1v) is 6.27. The van der Waals surface area contributed by atoms with Gasteiger partial charge in [-0.3, -0.25) is 0 Å². The summed E-state index contributed by atoms with van der Waals surface area (Å²) in [7, 11) is 1.65. The van der Waals surface area contributed by atoms with Crippen LogP contribution in [0.15, 0.2) is 18.2 Å². The lowest BCUT2D eigenvalue weighted by Crippen LogP contribution is -2.38. The summed E-state index contributed by atoms with van der Waals surface area (Å²) in [4.78, 5) is 0. The Balaban J connectivity index is 1.97. The Morgan fingerprint density at radius 2 is 2.12 bits per heavy atom. The highest BCUT2D eigenvalue weighted by atomic mass is 16.5. The van der Waals surface area contributed by atoms with E-state index in [0.717, 1.165) is 36.3 Å². The van der Waals surface area contributed by atoms with Crippen LogP contribution in [0.4, 0.5) is 0 Å². The van der Waals surface area contributed by atoms with Gasteiger partial charge in [0.1, 0.15) is 17.1 Å². The molecule has 0 aromatic heterocycles. The number of aliphatic hydroxyl groups is 1. The maximum Gasteiger partial charge on any atom is 0.129 e. The topological polar surface area (TPSA) is 38.7 Å². The highest BCUT2D eigenvalue weighted by molar-refractivity contribution is 5.44. The molecule has 1 aromatic rings. The van der Waals surface area contributed by atoms with Gasteiger partial charge in [-0.1, -0.05) is 0 Å². The first kappa shape index (κ1) is 10.9. The van der Waals surface area contributed by atoms with Crippen molar-refractivity contribution in [2.45, 2.75) is 43.8 Å². The van der Waals surface area contributed by atoms with Gasteiger partial charge < -0.3 is 14.6 Å². The number of benzene rings is 1. The van der Waals surface area contributed by atoms with Crippen LogP contribution in [0, 0.1) is 0 Å². The van der Waals surface area contributed by atoms with Gasteiger partial charge in [0.05, 0.1) is 13.2 Å². The van der Waals surface area contributed by atoms with Crippen LogP contribution < -0.4 is 9.47 Å². The number of fused-ring (bicyclic) bond motifs is 1. The van der Waals surface area contributed by atoms with Gasteiger partial charge in [0.15, 0.2) is 0 Å². The summed E-state index contributed by atoms with van der Waals surface area (Å²) in [6.45, 7) is 0. The van der Waals surface area contributed by atoms with E-state index in [1.165, 1.54) is 12.8 Å². The van der Waals surface area contributed by atoms with Crippen molar-refractivity contribution in [1.82, 2.24) is 0 Å². The largest absolute Gasteiger partial charge is 0.497 e. The summed E-state index contributed by atoms with van der Waals surface area (Å²) < 4.78 is 11.4. The van der Waals surface area contributed by atoms with E-state index in [1.807, 2.05) is 18.2 Å². The highest BCUT2D eigenvalue weighted by Gasteiger charge is 2.42. The van der Waals surface area contributed by atoms with Gasteiger partial charge in [0, 0.05) is 18.1 Å². The lowest BCUT2D eigenvalue weighted by Gasteiger charge is -2.38. The van der Waals surface area contributed by atoms with Gasteiger partial charge in [-0.05, 0) is 37.8 Å². The number of hydrogen-bond acceptors (Lipinski definition) is 3. The van der Waals surface area contributed by atoms with Crippen molar-refractivity contribution >= 4 is 0 Å². The van der Waals surface area contributed by atoms with Crippen LogP contribution in [0.25, 0.3) is 0 Å². The Hall–Kier alpha value is -1.22. The molecule has 1 atom stereocenters. The second-order valence-corrected chi connectivity index (χ2v) is 5.12. The summed E-state index contributed by atoms with van der Waals surface area (Å²) in [6.07, 6.45) is 4.84. The van der Waals surface area contributed by atoms with Crippen LogP contribution in [0.3, 0.4) is 0 Å². The van der Waals surface area contributed by atoms with Gasteiger partial charge in [0.2, 0.25) is 0 Å². The van der Waals surface area contributed by atoms with E-state index in [2.05, 4.69) is 0 Å². The number of ether oxygens (including phenoxy) is 2. The quantitative estimate of drug-likeness (QED) is 0.812. The fraction of sp³-hybridized carbons (Fsp3) is 0.571. The van der Waals surface area contributed by atoms with Crippen molar-refractivity contribution in [3.05, 3.63) is 23.8 Å². The zero-order valence-electron chi connectivity index (χ0n) is 10.1. The Kier molecular flexibility index (Phi) is 2.51. The third-order valence-corrected chi connectivity index (χ3v) is 3.99. The number of rotatable bonds is 1. The molecule has 1 saturated carbocycles. The van der Waals surface area contributed by atoms with E-state index in [1.54, 1.807) is 7.11 Å². The molecule has 1 aromatic carbocycles. The average Bonchev–Trinajstić information content (AvgIpc) is 2.76. The SMILES string of the molecule is COc1ccc2c(c1)OC1(CCCC1)CC2O. The molecule has 3 heteroatoms. The van der Waals surface area contributed by atoms with Crippen molar-refractivity contribution in [3.8, 4) is 11.5 Å². The van der Waals surface area contributed by atoms with E-state index in [9.17, 15) is 5.11 Å². The van der Waals surface area contributed by atoms with Crippen molar-refractivity contribution < 1.29 is 14.6 Å². The highest BCUT2D eigenvalue weighted by Crippen LogP contribution is 2.47. The zero-order valence-corrected chi connectivity index (χ0v) is 10.1. The molecule has 1 unspecified atom stereocenters. The van der Waals surface area contributed by atoms with E-state index in [-0.39, 0.29) is 5.60 Å². The van der Waals surface area contributed by atoms with E-state index >= 15 is 0 Å². The molecule has 2 aliphatic rings. The molecule has 1 heterocycles. The van der Waals surface area contributed by atoms with E-state index < -0.39 is 6.10 Å². The number of hydrogen-bond donors (Lipinski definition) is 1. The number of methoxy groups -OCH3 is 1. The predicted octanol–water partition coefficient (Wildman–Crippen LogP) is 2.82. The molecule has 1 fully saturated rings. The monoisotopic (exact) mass is 234 g/mol. The molecule has 1 aliphatic heterocycles. The van der Waals surface area contributed by atoms with Crippen molar-refractivity contribution in [2.75, 3.05) is 7.11 Å². The predicted molar refractivity (Wildman–Crippen MR) is 64.4 cm³/mol. The second-order valence-electron chi connectivity index (χ2n) is 5.12. The van der Waals surface area contributed by atoms with E-state index in [4.69, 9.17) is 9.47 Å². The van der Waals surface area contributed by atoms with E-state index in [0.29, 0.717) is 0 Å². The molecule has 1 aliphatic carbocycles. The maximum atomic E-state index is 10.2. The molecule has 0 bridgehead atoms. The molecule has 17 heavy (non-hydrogen) atoms. The standard InChI is InChI=1S/C14H18O3/c1-16-10-4-5-11-12(15)9-14(6-2-3-7-14)17-13(11)8-10/h4-5,8,12,15H,2-3,6-7,9H2,1H3. The maximum absolute atomic E-state index is 10.2. The van der Waals surface area contributed by atoms with Crippen molar-refractivity contribution in [3.63, 3.8) is 0 Å². The third kappa shape index (κ3) is 1.78. The summed E-state index contributed by atoms with van der Waals surface area (Å²) in [5.41, 5.74) is 0.766. The first-order valence-electron chi connectivity index (χ1n) is 6.27. The van der Waals surface area contributed by atoms with Gasteiger partial charge >= 0.3 is 0 Å². The zero-order chi connectivity index (χ0) is 11.9. The van der Waals surface area contributed by atoms with Gasteiger partial charge in [0.25, 0.3) is 0 Å². The molecule has 0 saturated heterocycles. The molecular weight excluding hydrogens is 216 g/mol. The smallest absolute Gasteiger partial charge is 0.129 e. The summed E-state index contributed by atoms with van der Waals surface area (Å²) in [5, 5.41) is 10.2. The van der Waals surface area contributed by atoms with Gasteiger partial charge in [-0.25, -0.2) is 0 Å². The first-order chi connectivity index (χ1) is 8.22.